The molecule has 1 fully saturated rings. The number of hydrogen-bond acceptors (Lipinski definition) is 8. The Bertz CT molecular complexity index is 863. The van der Waals surface area contributed by atoms with Gasteiger partial charge < -0.3 is 40.3 Å². The van der Waals surface area contributed by atoms with Crippen molar-refractivity contribution < 1.29 is 39.8 Å². The van der Waals surface area contributed by atoms with E-state index >= 15 is 0 Å². The molecule has 0 spiro atoms. The van der Waals surface area contributed by atoms with E-state index in [-0.39, 0.29) is 12.5 Å². The molecular formula is C40H73NO8. The summed E-state index contributed by atoms with van der Waals surface area (Å²) in [6.07, 6.45) is 29.0. The maximum atomic E-state index is 12.9. The molecule has 6 N–H and O–H groups in total. The molecule has 9 heteroatoms. The second-order valence-corrected chi connectivity index (χ2v) is 13.7. The number of unbranched alkanes of at least 4 members (excludes halogenated alkanes) is 17. The molecule has 0 saturated carbocycles. The van der Waals surface area contributed by atoms with Crippen LogP contribution in [0.1, 0.15) is 155 Å². The van der Waals surface area contributed by atoms with Crippen molar-refractivity contribution >= 4 is 5.91 Å². The van der Waals surface area contributed by atoms with E-state index < -0.39 is 49.5 Å². The average Bonchev–Trinajstić information content (AvgIpc) is 3.10. The van der Waals surface area contributed by atoms with E-state index in [2.05, 4.69) is 43.5 Å². The van der Waals surface area contributed by atoms with E-state index in [1.807, 2.05) is 6.08 Å². The molecule has 1 saturated heterocycles. The molecule has 0 aliphatic carbocycles. The Morgan fingerprint density at radius 1 is 0.673 bits per heavy atom. The molecule has 0 aromatic carbocycles. The van der Waals surface area contributed by atoms with Gasteiger partial charge in [0.15, 0.2) is 6.29 Å². The van der Waals surface area contributed by atoms with E-state index in [9.17, 15) is 30.3 Å². The minimum Gasteiger partial charge on any atom is -0.394 e. The van der Waals surface area contributed by atoms with Gasteiger partial charge in [-0.15, -0.1) is 0 Å². The van der Waals surface area contributed by atoms with Gasteiger partial charge in [0, 0.05) is 6.42 Å². The minimum atomic E-state index is -1.57. The van der Waals surface area contributed by atoms with Crippen LogP contribution in [0.3, 0.4) is 0 Å². The van der Waals surface area contributed by atoms with Gasteiger partial charge in [-0.05, 0) is 57.8 Å². The Morgan fingerprint density at radius 3 is 1.73 bits per heavy atom. The van der Waals surface area contributed by atoms with Crippen LogP contribution in [0.15, 0.2) is 36.5 Å². The third-order valence-electron chi connectivity index (χ3n) is 9.19. The van der Waals surface area contributed by atoms with Crippen molar-refractivity contribution in [3.63, 3.8) is 0 Å². The molecule has 49 heavy (non-hydrogen) atoms. The number of allylic oxidation sites excluding steroid dienone is 5. The van der Waals surface area contributed by atoms with Gasteiger partial charge in [0.1, 0.15) is 24.4 Å². The number of rotatable bonds is 31. The van der Waals surface area contributed by atoms with Crippen molar-refractivity contribution in [2.24, 2.45) is 0 Å². The third-order valence-corrected chi connectivity index (χ3v) is 9.19. The summed E-state index contributed by atoms with van der Waals surface area (Å²) in [5.74, 6) is -0.200. The molecular weight excluding hydrogens is 622 g/mol. The van der Waals surface area contributed by atoms with E-state index in [1.165, 1.54) is 77.0 Å². The highest BCUT2D eigenvalue weighted by Gasteiger charge is 2.44. The van der Waals surface area contributed by atoms with Crippen molar-refractivity contribution in [1.29, 1.82) is 0 Å². The van der Waals surface area contributed by atoms with Gasteiger partial charge >= 0.3 is 0 Å². The highest BCUT2D eigenvalue weighted by atomic mass is 16.7. The first-order valence-electron chi connectivity index (χ1n) is 19.7. The molecule has 9 nitrogen and oxygen atoms in total. The summed E-state index contributed by atoms with van der Waals surface area (Å²) >= 11 is 0. The summed E-state index contributed by atoms with van der Waals surface area (Å²) in [7, 11) is 0. The first-order chi connectivity index (χ1) is 23.8. The minimum absolute atomic E-state index is 0.200. The van der Waals surface area contributed by atoms with Crippen LogP contribution in [0.25, 0.3) is 0 Å². The van der Waals surface area contributed by atoms with Gasteiger partial charge in [-0.1, -0.05) is 127 Å². The molecule has 7 atom stereocenters. The molecule has 1 heterocycles. The number of carbonyl (C=O) groups excluding carboxylic acids is 1. The number of amides is 1. The van der Waals surface area contributed by atoms with Crippen molar-refractivity contribution in [3.8, 4) is 0 Å². The fourth-order valence-electron chi connectivity index (χ4n) is 5.93. The highest BCUT2D eigenvalue weighted by Crippen LogP contribution is 2.22. The number of nitrogens with one attached hydrogen (secondary N) is 1. The number of aliphatic hydroxyl groups excluding tert-OH is 5. The predicted molar refractivity (Wildman–Crippen MR) is 198 cm³/mol. The highest BCUT2D eigenvalue weighted by molar-refractivity contribution is 5.76. The molecule has 1 aliphatic heterocycles. The summed E-state index contributed by atoms with van der Waals surface area (Å²) in [4.78, 5) is 12.9. The summed E-state index contributed by atoms with van der Waals surface area (Å²) in [5.41, 5.74) is 0. The van der Waals surface area contributed by atoms with Crippen LogP contribution in [0, 0.1) is 0 Å². The van der Waals surface area contributed by atoms with Gasteiger partial charge in [0.05, 0.1) is 25.4 Å². The summed E-state index contributed by atoms with van der Waals surface area (Å²) in [6.45, 7) is 3.69. The Balaban J connectivity index is 2.49. The lowest BCUT2D eigenvalue weighted by Crippen LogP contribution is -2.60. The lowest BCUT2D eigenvalue weighted by atomic mass is 9.99. The van der Waals surface area contributed by atoms with E-state index in [0.29, 0.717) is 6.42 Å². The van der Waals surface area contributed by atoms with Crippen LogP contribution in [0.5, 0.6) is 0 Å². The normalized spacial score (nSPS) is 22.8. The zero-order chi connectivity index (χ0) is 36.0. The van der Waals surface area contributed by atoms with E-state index in [4.69, 9.17) is 9.47 Å². The predicted octanol–water partition coefficient (Wildman–Crippen LogP) is 6.94. The van der Waals surface area contributed by atoms with Crippen LogP contribution < -0.4 is 5.32 Å². The lowest BCUT2D eigenvalue weighted by Gasteiger charge is -2.40. The zero-order valence-corrected chi connectivity index (χ0v) is 30.9. The Hall–Kier alpha value is -1.59. The fourth-order valence-corrected chi connectivity index (χ4v) is 5.93. The van der Waals surface area contributed by atoms with Gasteiger partial charge in [-0.2, -0.15) is 0 Å². The number of aliphatic hydroxyl groups is 5. The fraction of sp³-hybridized carbons (Fsp3) is 0.825. The molecule has 1 rings (SSSR count). The number of ether oxygens (including phenoxy) is 2. The SMILES string of the molecule is CCCCCC/C=C\CCCCCCCC(=O)NC(COC1OC(CO)C(O)C(O)C1O)C(O)/C=C/CC/C=C/CCCCCCCCC. The van der Waals surface area contributed by atoms with E-state index in [0.717, 1.165) is 57.8 Å². The molecule has 286 valence electrons. The maximum absolute atomic E-state index is 12.9. The van der Waals surface area contributed by atoms with Gasteiger partial charge in [0.25, 0.3) is 0 Å². The van der Waals surface area contributed by atoms with Crippen molar-refractivity contribution in [3.05, 3.63) is 36.5 Å². The first kappa shape index (κ1) is 45.4. The van der Waals surface area contributed by atoms with Crippen LogP contribution >= 0.6 is 0 Å². The van der Waals surface area contributed by atoms with Gasteiger partial charge in [0.2, 0.25) is 5.91 Å². The van der Waals surface area contributed by atoms with Crippen LogP contribution in [-0.2, 0) is 14.3 Å². The van der Waals surface area contributed by atoms with Gasteiger partial charge in [-0.25, -0.2) is 0 Å². The van der Waals surface area contributed by atoms with Crippen LogP contribution in [-0.4, -0.2) is 87.5 Å². The van der Waals surface area contributed by atoms with Crippen LogP contribution in [0.4, 0.5) is 0 Å². The smallest absolute Gasteiger partial charge is 0.220 e. The van der Waals surface area contributed by atoms with E-state index in [1.54, 1.807) is 6.08 Å². The largest absolute Gasteiger partial charge is 0.394 e. The standard InChI is InChI=1S/C40H73NO8/c1-3-5-7-9-11-13-15-17-19-21-23-25-27-29-34(43)33(32-48-40-39(47)38(46)37(45)35(31-42)49-40)41-36(44)30-28-26-24-22-20-18-16-14-12-10-8-6-4-2/h14,16,19,21,27,29,33-35,37-40,42-43,45-47H,3-13,15,17-18,20,22-26,28,30-32H2,1-2H3,(H,41,44)/b16-14-,21-19+,29-27+. The van der Waals surface area contributed by atoms with Crippen molar-refractivity contribution in [2.75, 3.05) is 13.2 Å². The second kappa shape index (κ2) is 31.2. The Kier molecular flexibility index (Phi) is 28.9. The maximum Gasteiger partial charge on any atom is 0.220 e. The number of carbonyl (C=O) groups is 1. The molecule has 1 aliphatic rings. The molecule has 0 aromatic heterocycles. The topological polar surface area (TPSA) is 149 Å². The van der Waals surface area contributed by atoms with Crippen molar-refractivity contribution in [2.45, 2.75) is 198 Å². The summed E-state index contributed by atoms with van der Waals surface area (Å²) < 4.78 is 11.1. The second-order valence-electron chi connectivity index (χ2n) is 13.7. The first-order valence-corrected chi connectivity index (χ1v) is 19.7. The molecule has 0 aromatic rings. The third kappa shape index (κ3) is 22.8. The summed E-state index contributed by atoms with van der Waals surface area (Å²) in [5, 5.41) is 53.9. The molecule has 1 amide bonds. The van der Waals surface area contributed by atoms with Gasteiger partial charge in [-0.3, -0.25) is 4.79 Å². The Morgan fingerprint density at radius 2 is 1.16 bits per heavy atom. The average molecular weight is 696 g/mol. The molecule has 0 radical (unpaired) electrons. The lowest BCUT2D eigenvalue weighted by molar-refractivity contribution is -0.302. The molecule has 0 bridgehead atoms. The van der Waals surface area contributed by atoms with Crippen molar-refractivity contribution in [1.82, 2.24) is 5.32 Å². The Labute approximate surface area is 298 Å². The van der Waals surface area contributed by atoms with Crippen LogP contribution in [0.2, 0.25) is 0 Å². The zero-order valence-electron chi connectivity index (χ0n) is 30.9. The monoisotopic (exact) mass is 696 g/mol. The molecule has 7 unspecified atom stereocenters. The quantitative estimate of drug-likeness (QED) is 0.0338. The number of hydrogen-bond donors (Lipinski definition) is 6. The summed E-state index contributed by atoms with van der Waals surface area (Å²) in [6, 6.07) is -0.822.